The summed E-state index contributed by atoms with van der Waals surface area (Å²) in [6.45, 7) is 2.69. The maximum atomic E-state index is 13.8. The molecule has 0 fully saturated rings. The van der Waals surface area contributed by atoms with Gasteiger partial charge in [-0.05, 0) is 31.2 Å². The highest BCUT2D eigenvalue weighted by Crippen LogP contribution is 2.25. The summed E-state index contributed by atoms with van der Waals surface area (Å²) in [7, 11) is 0. The van der Waals surface area contributed by atoms with Gasteiger partial charge in [0.2, 0.25) is 0 Å². The van der Waals surface area contributed by atoms with Crippen LogP contribution in [0.1, 0.15) is 6.92 Å². The zero-order chi connectivity index (χ0) is 13.4. The first-order valence-electron chi connectivity index (χ1n) is 6.07. The largest absolute Gasteiger partial charge is 0.397 e. The number of benzene rings is 1. The SMILES string of the molecule is CCn1c(-c2ccc(N)cn2)nc2c(F)cccc21. The Balaban J connectivity index is 2.29. The van der Waals surface area contributed by atoms with E-state index in [0.29, 0.717) is 29.3 Å². The van der Waals surface area contributed by atoms with Crippen LogP contribution in [-0.2, 0) is 6.54 Å². The fourth-order valence-corrected chi connectivity index (χ4v) is 2.17. The molecule has 0 saturated carbocycles. The second kappa shape index (κ2) is 4.35. The second-order valence-corrected chi connectivity index (χ2v) is 4.26. The minimum Gasteiger partial charge on any atom is -0.397 e. The monoisotopic (exact) mass is 256 g/mol. The van der Waals surface area contributed by atoms with Crippen LogP contribution in [0.15, 0.2) is 36.5 Å². The Morgan fingerprint density at radius 3 is 2.79 bits per heavy atom. The van der Waals surface area contributed by atoms with Crippen LogP contribution in [0.4, 0.5) is 10.1 Å². The molecule has 0 bridgehead atoms. The van der Waals surface area contributed by atoms with Crippen LogP contribution in [0, 0.1) is 5.82 Å². The van der Waals surface area contributed by atoms with E-state index in [0.717, 1.165) is 5.52 Å². The highest BCUT2D eigenvalue weighted by atomic mass is 19.1. The van der Waals surface area contributed by atoms with Gasteiger partial charge in [-0.3, -0.25) is 4.98 Å². The summed E-state index contributed by atoms with van der Waals surface area (Å²) in [5.74, 6) is 0.337. The van der Waals surface area contributed by atoms with Gasteiger partial charge in [-0.1, -0.05) is 6.07 Å². The Kier molecular flexibility index (Phi) is 2.67. The summed E-state index contributed by atoms with van der Waals surface area (Å²) in [5.41, 5.74) is 8.05. The Hall–Kier alpha value is -2.43. The Labute approximate surface area is 109 Å². The number of pyridine rings is 1. The number of nitrogen functional groups attached to an aromatic ring is 1. The molecule has 0 radical (unpaired) electrons. The third kappa shape index (κ3) is 1.83. The molecule has 5 heteroatoms. The molecule has 2 heterocycles. The van der Waals surface area contributed by atoms with Crippen molar-refractivity contribution < 1.29 is 4.39 Å². The van der Waals surface area contributed by atoms with Crippen molar-refractivity contribution in [2.45, 2.75) is 13.5 Å². The lowest BCUT2D eigenvalue weighted by Crippen LogP contribution is -1.99. The molecule has 4 nitrogen and oxygen atoms in total. The van der Waals surface area contributed by atoms with Gasteiger partial charge in [0.15, 0.2) is 11.6 Å². The smallest absolute Gasteiger partial charge is 0.159 e. The van der Waals surface area contributed by atoms with Crippen molar-refractivity contribution in [2.75, 3.05) is 5.73 Å². The van der Waals surface area contributed by atoms with Crippen LogP contribution in [0.3, 0.4) is 0 Å². The van der Waals surface area contributed by atoms with Crippen LogP contribution in [0.25, 0.3) is 22.6 Å². The molecule has 3 aromatic rings. The van der Waals surface area contributed by atoms with Crippen molar-refractivity contribution in [1.82, 2.24) is 14.5 Å². The van der Waals surface area contributed by atoms with Crippen molar-refractivity contribution in [3.8, 4) is 11.5 Å². The molecule has 0 aliphatic carbocycles. The third-order valence-corrected chi connectivity index (χ3v) is 3.06. The molecular formula is C14H13FN4. The quantitative estimate of drug-likeness (QED) is 0.767. The van der Waals surface area contributed by atoms with Gasteiger partial charge in [-0.25, -0.2) is 9.37 Å². The Morgan fingerprint density at radius 1 is 1.26 bits per heavy atom. The molecule has 0 aliphatic rings. The van der Waals surface area contributed by atoms with Crippen molar-refractivity contribution in [3.05, 3.63) is 42.3 Å². The van der Waals surface area contributed by atoms with Crippen molar-refractivity contribution in [2.24, 2.45) is 0 Å². The molecule has 0 aliphatic heterocycles. The number of imidazole rings is 1. The average molecular weight is 256 g/mol. The van der Waals surface area contributed by atoms with E-state index >= 15 is 0 Å². The first kappa shape index (κ1) is 11.6. The molecule has 1 aromatic carbocycles. The number of rotatable bonds is 2. The lowest BCUT2D eigenvalue weighted by atomic mass is 10.3. The molecule has 0 saturated heterocycles. The van der Waals surface area contributed by atoms with Gasteiger partial charge in [-0.15, -0.1) is 0 Å². The molecule has 0 spiro atoms. The van der Waals surface area contributed by atoms with Gasteiger partial charge in [-0.2, -0.15) is 0 Å². The predicted molar refractivity (Wildman–Crippen MR) is 73.0 cm³/mol. The highest BCUT2D eigenvalue weighted by molar-refractivity contribution is 5.80. The van der Waals surface area contributed by atoms with E-state index in [9.17, 15) is 4.39 Å². The molecule has 2 aromatic heterocycles. The lowest BCUT2D eigenvalue weighted by Gasteiger charge is -2.05. The van der Waals surface area contributed by atoms with E-state index in [2.05, 4.69) is 9.97 Å². The maximum Gasteiger partial charge on any atom is 0.159 e. The fourth-order valence-electron chi connectivity index (χ4n) is 2.17. The van der Waals surface area contributed by atoms with Gasteiger partial charge < -0.3 is 10.3 Å². The zero-order valence-electron chi connectivity index (χ0n) is 10.5. The van der Waals surface area contributed by atoms with E-state index in [1.54, 1.807) is 24.4 Å². The summed E-state index contributed by atoms with van der Waals surface area (Å²) in [6.07, 6.45) is 1.57. The topological polar surface area (TPSA) is 56.7 Å². The lowest BCUT2D eigenvalue weighted by molar-refractivity contribution is 0.637. The third-order valence-electron chi connectivity index (χ3n) is 3.06. The van der Waals surface area contributed by atoms with Crippen molar-refractivity contribution >= 4 is 16.7 Å². The van der Waals surface area contributed by atoms with Gasteiger partial charge in [0.25, 0.3) is 0 Å². The van der Waals surface area contributed by atoms with E-state index in [4.69, 9.17) is 5.73 Å². The van der Waals surface area contributed by atoms with E-state index in [1.807, 2.05) is 17.6 Å². The van der Waals surface area contributed by atoms with E-state index < -0.39 is 0 Å². The summed E-state index contributed by atoms with van der Waals surface area (Å²) in [5, 5.41) is 0. The van der Waals surface area contributed by atoms with Crippen molar-refractivity contribution in [1.29, 1.82) is 0 Å². The molecule has 0 amide bonds. The van der Waals surface area contributed by atoms with Gasteiger partial charge in [0.1, 0.15) is 11.2 Å². The number of hydrogen-bond acceptors (Lipinski definition) is 3. The normalized spacial score (nSPS) is 11.1. The minimum absolute atomic E-state index is 0.318. The zero-order valence-corrected chi connectivity index (χ0v) is 10.5. The van der Waals surface area contributed by atoms with E-state index in [-0.39, 0.29) is 5.82 Å². The summed E-state index contributed by atoms with van der Waals surface area (Å²) >= 11 is 0. The van der Waals surface area contributed by atoms with Crippen LogP contribution in [0.5, 0.6) is 0 Å². The summed E-state index contributed by atoms with van der Waals surface area (Å²) < 4.78 is 15.7. The minimum atomic E-state index is -0.318. The van der Waals surface area contributed by atoms with Gasteiger partial charge in [0.05, 0.1) is 17.4 Å². The number of halogens is 1. The standard InChI is InChI=1S/C14H13FN4/c1-2-19-12-5-3-4-10(15)13(12)18-14(19)11-7-6-9(16)8-17-11/h3-8H,2,16H2,1H3. The maximum absolute atomic E-state index is 13.8. The number of nitrogens with zero attached hydrogens (tertiary/aromatic N) is 3. The first-order chi connectivity index (χ1) is 9.20. The number of aromatic nitrogens is 3. The van der Waals surface area contributed by atoms with Gasteiger partial charge >= 0.3 is 0 Å². The number of fused-ring (bicyclic) bond motifs is 1. The predicted octanol–water partition coefficient (Wildman–Crippen LogP) is 2.84. The van der Waals surface area contributed by atoms with Gasteiger partial charge in [0, 0.05) is 6.54 Å². The van der Waals surface area contributed by atoms with Crippen LogP contribution < -0.4 is 5.73 Å². The molecule has 0 atom stereocenters. The van der Waals surface area contributed by atoms with Crippen LogP contribution in [-0.4, -0.2) is 14.5 Å². The Bertz CT molecular complexity index is 731. The number of para-hydroxylation sites is 1. The van der Waals surface area contributed by atoms with Crippen LogP contribution in [0.2, 0.25) is 0 Å². The fraction of sp³-hybridized carbons (Fsp3) is 0.143. The highest BCUT2D eigenvalue weighted by Gasteiger charge is 2.14. The number of anilines is 1. The van der Waals surface area contributed by atoms with E-state index in [1.165, 1.54) is 6.07 Å². The first-order valence-corrected chi connectivity index (χ1v) is 6.07. The van der Waals surface area contributed by atoms with Crippen molar-refractivity contribution in [3.63, 3.8) is 0 Å². The summed E-state index contributed by atoms with van der Waals surface area (Å²) in [4.78, 5) is 8.62. The summed E-state index contributed by atoms with van der Waals surface area (Å²) in [6, 6.07) is 8.51. The molecular weight excluding hydrogens is 243 g/mol. The number of hydrogen-bond donors (Lipinski definition) is 1. The molecule has 96 valence electrons. The Morgan fingerprint density at radius 2 is 2.11 bits per heavy atom. The molecule has 2 N–H and O–H groups in total. The average Bonchev–Trinajstić information content (AvgIpc) is 2.79. The van der Waals surface area contributed by atoms with Crippen LogP contribution >= 0.6 is 0 Å². The number of nitrogens with two attached hydrogens (primary N) is 1. The molecule has 0 unspecified atom stereocenters. The molecule has 3 rings (SSSR count). The second-order valence-electron chi connectivity index (χ2n) is 4.26. The molecule has 19 heavy (non-hydrogen) atoms. The number of aryl methyl sites for hydroxylation is 1.